The summed E-state index contributed by atoms with van der Waals surface area (Å²) in [4.78, 5) is 24.7. The quantitative estimate of drug-likeness (QED) is 0.793. The van der Waals surface area contributed by atoms with Crippen molar-refractivity contribution in [1.82, 2.24) is 0 Å². The van der Waals surface area contributed by atoms with Gasteiger partial charge in [-0.1, -0.05) is 11.6 Å². The molecule has 6 heteroatoms. The van der Waals surface area contributed by atoms with Crippen LogP contribution in [0.25, 0.3) is 0 Å². The summed E-state index contributed by atoms with van der Waals surface area (Å²) in [5, 5.41) is 3.55. The summed E-state index contributed by atoms with van der Waals surface area (Å²) >= 11 is 9.57. The van der Waals surface area contributed by atoms with E-state index in [-0.39, 0.29) is 41.7 Å². The molecule has 116 valence electrons. The van der Waals surface area contributed by atoms with Crippen molar-refractivity contribution in [1.29, 1.82) is 0 Å². The van der Waals surface area contributed by atoms with Gasteiger partial charge in [0.15, 0.2) is 0 Å². The second-order valence-electron chi connectivity index (χ2n) is 6.45. The number of nitrogens with one attached hydrogen (secondary N) is 1. The molecule has 0 aromatic heterocycles. The van der Waals surface area contributed by atoms with Crippen molar-refractivity contribution in [2.45, 2.75) is 25.9 Å². The van der Waals surface area contributed by atoms with Crippen LogP contribution in [0.1, 0.15) is 18.4 Å². The molecule has 0 radical (unpaired) electrons. The molecule has 0 unspecified atom stereocenters. The van der Waals surface area contributed by atoms with Crippen molar-refractivity contribution in [3.8, 4) is 0 Å². The van der Waals surface area contributed by atoms with Crippen LogP contribution < -0.4 is 5.32 Å². The summed E-state index contributed by atoms with van der Waals surface area (Å²) < 4.78 is 6.18. The van der Waals surface area contributed by atoms with E-state index in [4.69, 9.17) is 16.3 Å². The Hall–Kier alpha value is -1.07. The summed E-state index contributed by atoms with van der Waals surface area (Å²) in [6, 6.07) is 3.64. The molecule has 4 rings (SSSR count). The summed E-state index contributed by atoms with van der Waals surface area (Å²) in [6.07, 6.45) is 1.81. The molecule has 3 aliphatic rings. The van der Waals surface area contributed by atoms with Crippen LogP contribution in [0.4, 0.5) is 5.69 Å². The maximum Gasteiger partial charge on any atom is 0.310 e. The van der Waals surface area contributed by atoms with Gasteiger partial charge in [-0.2, -0.15) is 0 Å². The number of halogens is 2. The largest absolute Gasteiger partial charge is 0.462 e. The predicted molar refractivity (Wildman–Crippen MR) is 85.6 cm³/mol. The van der Waals surface area contributed by atoms with E-state index in [1.807, 2.05) is 19.1 Å². The predicted octanol–water partition coefficient (Wildman–Crippen LogP) is 3.55. The van der Waals surface area contributed by atoms with Crippen molar-refractivity contribution in [3.05, 3.63) is 27.2 Å². The van der Waals surface area contributed by atoms with Crippen molar-refractivity contribution in [3.63, 3.8) is 0 Å². The molecule has 1 aromatic carbocycles. The number of ether oxygens (including phenoxy) is 1. The van der Waals surface area contributed by atoms with Crippen LogP contribution in [0.15, 0.2) is 16.6 Å². The van der Waals surface area contributed by atoms with Gasteiger partial charge in [-0.25, -0.2) is 0 Å². The first-order valence-electron chi connectivity index (χ1n) is 7.43. The van der Waals surface area contributed by atoms with E-state index >= 15 is 0 Å². The number of benzene rings is 1. The van der Waals surface area contributed by atoms with E-state index in [0.717, 1.165) is 22.9 Å². The average Bonchev–Trinajstić information content (AvgIpc) is 3.09. The lowest BCUT2D eigenvalue weighted by Gasteiger charge is -2.24. The molecule has 4 nitrogen and oxygen atoms in total. The first-order valence-corrected chi connectivity index (χ1v) is 8.60. The molecule has 22 heavy (non-hydrogen) atoms. The van der Waals surface area contributed by atoms with E-state index in [2.05, 4.69) is 21.2 Å². The monoisotopic (exact) mass is 383 g/mol. The van der Waals surface area contributed by atoms with Gasteiger partial charge in [0.05, 0.1) is 16.9 Å². The van der Waals surface area contributed by atoms with Crippen LogP contribution in [0.5, 0.6) is 0 Å². The lowest BCUT2D eigenvalue weighted by atomic mass is 9.79. The molecule has 1 aromatic rings. The van der Waals surface area contributed by atoms with Gasteiger partial charge in [0.2, 0.25) is 5.91 Å². The Morgan fingerprint density at radius 2 is 2.18 bits per heavy atom. The van der Waals surface area contributed by atoms with Gasteiger partial charge in [0.1, 0.15) is 6.10 Å². The first kappa shape index (κ1) is 14.5. The number of esters is 1. The van der Waals surface area contributed by atoms with E-state index in [1.165, 1.54) is 0 Å². The standard InChI is InChI=1S/C16H15BrClNO3/c1-6-10(3-2-9(17)14(6)18)19-15(20)12-7-4-8-11(5-7)22-16(21)13(8)12/h2-3,7-8,11-13H,4-5H2,1H3,(H,19,20)/t7-,8+,11-,12+,13+/m1/s1. The highest BCUT2D eigenvalue weighted by molar-refractivity contribution is 9.10. The van der Waals surface area contributed by atoms with Gasteiger partial charge in [0.25, 0.3) is 0 Å². The fraction of sp³-hybridized carbons (Fsp3) is 0.500. The van der Waals surface area contributed by atoms with E-state index in [0.29, 0.717) is 10.7 Å². The smallest absolute Gasteiger partial charge is 0.310 e. The summed E-state index contributed by atoms with van der Waals surface area (Å²) in [5.41, 5.74) is 1.52. The number of rotatable bonds is 2. The molecule has 1 amide bonds. The summed E-state index contributed by atoms with van der Waals surface area (Å²) in [5.74, 6) is -0.300. The molecule has 2 aliphatic carbocycles. The average molecular weight is 385 g/mol. The highest BCUT2D eigenvalue weighted by Gasteiger charge is 2.63. The third-order valence-electron chi connectivity index (χ3n) is 5.38. The van der Waals surface area contributed by atoms with Gasteiger partial charge in [0, 0.05) is 16.1 Å². The number of carbonyl (C=O) groups excluding carboxylic acids is 2. The molecule has 3 fully saturated rings. The molecule has 1 aliphatic heterocycles. The molecule has 1 heterocycles. The van der Waals surface area contributed by atoms with E-state index in [9.17, 15) is 9.59 Å². The summed E-state index contributed by atoms with van der Waals surface area (Å²) in [6.45, 7) is 1.86. The molecular weight excluding hydrogens is 370 g/mol. The van der Waals surface area contributed by atoms with Gasteiger partial charge in [-0.15, -0.1) is 0 Å². The SMILES string of the molecule is Cc1c(NC(=O)[C@H]2[C@@H]3C[C@@H]4[C@@H]2C(=O)O[C@@H]4C3)ccc(Br)c1Cl. The first-order chi connectivity index (χ1) is 10.5. The van der Waals surface area contributed by atoms with Crippen LogP contribution in [0, 0.1) is 30.6 Å². The Morgan fingerprint density at radius 3 is 2.95 bits per heavy atom. The number of carbonyl (C=O) groups is 2. The fourth-order valence-corrected chi connectivity index (χ4v) is 4.96. The Morgan fingerprint density at radius 1 is 1.41 bits per heavy atom. The Kier molecular flexibility index (Phi) is 3.28. The van der Waals surface area contributed by atoms with Crippen LogP contribution in [-0.2, 0) is 14.3 Å². The Labute approximate surface area is 141 Å². The molecule has 5 atom stereocenters. The van der Waals surface area contributed by atoms with Gasteiger partial charge < -0.3 is 10.1 Å². The highest BCUT2D eigenvalue weighted by atomic mass is 79.9. The lowest BCUT2D eigenvalue weighted by Crippen LogP contribution is -2.36. The zero-order chi connectivity index (χ0) is 15.6. The van der Waals surface area contributed by atoms with Crippen molar-refractivity contribution < 1.29 is 14.3 Å². The molecule has 2 bridgehead atoms. The van der Waals surface area contributed by atoms with Gasteiger partial charge >= 0.3 is 5.97 Å². The molecule has 1 N–H and O–H groups in total. The Balaban J connectivity index is 1.59. The highest BCUT2D eigenvalue weighted by Crippen LogP contribution is 2.57. The summed E-state index contributed by atoms with van der Waals surface area (Å²) in [7, 11) is 0. The second-order valence-corrected chi connectivity index (χ2v) is 7.68. The fourth-order valence-electron chi connectivity index (χ4n) is 4.37. The minimum absolute atomic E-state index is 0.0513. The van der Waals surface area contributed by atoms with Crippen molar-refractivity contribution in [2.75, 3.05) is 5.32 Å². The minimum Gasteiger partial charge on any atom is -0.462 e. The van der Waals surface area contributed by atoms with E-state index in [1.54, 1.807) is 0 Å². The second kappa shape index (κ2) is 4.96. The van der Waals surface area contributed by atoms with Crippen molar-refractivity contribution >= 4 is 45.1 Å². The van der Waals surface area contributed by atoms with E-state index < -0.39 is 0 Å². The Bertz CT molecular complexity index is 690. The van der Waals surface area contributed by atoms with Crippen LogP contribution >= 0.6 is 27.5 Å². The third kappa shape index (κ3) is 1.95. The minimum atomic E-state index is -0.266. The number of amides is 1. The maximum atomic E-state index is 12.7. The third-order valence-corrected chi connectivity index (χ3v) is 6.76. The molecule has 0 spiro atoms. The number of hydrogen-bond acceptors (Lipinski definition) is 3. The van der Waals surface area contributed by atoms with Crippen LogP contribution in [0.3, 0.4) is 0 Å². The topological polar surface area (TPSA) is 55.4 Å². The molecular formula is C16H15BrClNO3. The zero-order valence-corrected chi connectivity index (χ0v) is 14.3. The van der Waals surface area contributed by atoms with Crippen molar-refractivity contribution in [2.24, 2.45) is 23.7 Å². The number of hydrogen-bond donors (Lipinski definition) is 1. The number of anilines is 1. The van der Waals surface area contributed by atoms with Crippen LogP contribution in [0.2, 0.25) is 5.02 Å². The van der Waals surface area contributed by atoms with Gasteiger partial charge in [-0.05, 0) is 59.3 Å². The molecule has 2 saturated carbocycles. The zero-order valence-electron chi connectivity index (χ0n) is 11.9. The van der Waals surface area contributed by atoms with Crippen LogP contribution in [-0.4, -0.2) is 18.0 Å². The number of fused-ring (bicyclic) bond motifs is 1. The molecule has 1 saturated heterocycles. The van der Waals surface area contributed by atoms with Gasteiger partial charge in [-0.3, -0.25) is 9.59 Å². The lowest BCUT2D eigenvalue weighted by molar-refractivity contribution is -0.145. The maximum absolute atomic E-state index is 12.7. The normalized spacial score (nSPS) is 34.9.